The minimum absolute atomic E-state index is 0.123. The minimum atomic E-state index is -0.246. The molecule has 1 aliphatic rings. The molecule has 0 bridgehead atoms. The molecule has 1 aromatic rings. The van der Waals surface area contributed by atoms with Gasteiger partial charge in [-0.1, -0.05) is 6.07 Å². The number of nitrogens with two attached hydrogens (primary N) is 1. The Labute approximate surface area is 89.2 Å². The molecule has 1 fully saturated rings. The van der Waals surface area contributed by atoms with Crippen LogP contribution in [0.15, 0.2) is 18.2 Å². The lowest BCUT2D eigenvalue weighted by Gasteiger charge is -2.25. The zero-order chi connectivity index (χ0) is 10.8. The van der Waals surface area contributed by atoms with Gasteiger partial charge in [-0.3, -0.25) is 0 Å². The fraction of sp³-hybridized carbons (Fsp3) is 0.417. The van der Waals surface area contributed by atoms with Gasteiger partial charge < -0.3 is 10.5 Å². The lowest BCUT2D eigenvalue weighted by molar-refractivity contribution is 0.00894. The largest absolute Gasteiger partial charge is 0.459 e. The van der Waals surface area contributed by atoms with Gasteiger partial charge in [0.1, 0.15) is 6.10 Å². The van der Waals surface area contributed by atoms with E-state index in [1.165, 1.54) is 0 Å². The summed E-state index contributed by atoms with van der Waals surface area (Å²) in [5.74, 6) is -0.246. The average molecular weight is 205 g/mol. The van der Waals surface area contributed by atoms with Gasteiger partial charge in [-0.25, -0.2) is 4.79 Å². The van der Waals surface area contributed by atoms with Crippen molar-refractivity contribution < 1.29 is 9.53 Å². The highest BCUT2D eigenvalue weighted by atomic mass is 16.5. The van der Waals surface area contributed by atoms with Gasteiger partial charge in [-0.2, -0.15) is 0 Å². The minimum Gasteiger partial charge on any atom is -0.459 e. The third kappa shape index (κ3) is 2.12. The Bertz CT molecular complexity index is 383. The van der Waals surface area contributed by atoms with Crippen LogP contribution in [-0.2, 0) is 4.74 Å². The van der Waals surface area contributed by atoms with Crippen molar-refractivity contribution in [2.24, 2.45) is 0 Å². The molecule has 80 valence electrons. The summed E-state index contributed by atoms with van der Waals surface area (Å²) in [6.07, 6.45) is 3.27. The first-order valence-corrected chi connectivity index (χ1v) is 5.24. The van der Waals surface area contributed by atoms with Crippen molar-refractivity contribution >= 4 is 11.7 Å². The monoisotopic (exact) mass is 205 g/mol. The van der Waals surface area contributed by atoms with Crippen LogP contribution in [0.25, 0.3) is 0 Å². The third-order valence-electron chi connectivity index (χ3n) is 2.81. The smallest absolute Gasteiger partial charge is 0.338 e. The first kappa shape index (κ1) is 10.0. The van der Waals surface area contributed by atoms with Crippen LogP contribution in [0.3, 0.4) is 0 Å². The van der Waals surface area contributed by atoms with Gasteiger partial charge in [-0.05, 0) is 43.9 Å². The van der Waals surface area contributed by atoms with Crippen LogP contribution in [0.2, 0.25) is 0 Å². The zero-order valence-electron chi connectivity index (χ0n) is 8.82. The molecular formula is C12H15NO2. The molecule has 1 aliphatic carbocycles. The summed E-state index contributed by atoms with van der Waals surface area (Å²) < 4.78 is 5.31. The number of nitrogen functional groups attached to an aromatic ring is 1. The van der Waals surface area contributed by atoms with E-state index >= 15 is 0 Å². The molecule has 3 nitrogen and oxygen atoms in total. The van der Waals surface area contributed by atoms with Crippen molar-refractivity contribution in [1.82, 2.24) is 0 Å². The third-order valence-corrected chi connectivity index (χ3v) is 2.81. The highest BCUT2D eigenvalue weighted by Crippen LogP contribution is 2.24. The first-order chi connectivity index (χ1) is 7.16. The summed E-state index contributed by atoms with van der Waals surface area (Å²) in [4.78, 5) is 11.7. The van der Waals surface area contributed by atoms with Gasteiger partial charge in [0.2, 0.25) is 0 Å². The molecule has 2 N–H and O–H groups in total. The Morgan fingerprint density at radius 2 is 2.20 bits per heavy atom. The molecule has 0 aliphatic heterocycles. The van der Waals surface area contributed by atoms with E-state index in [4.69, 9.17) is 10.5 Å². The lowest BCUT2D eigenvalue weighted by Crippen LogP contribution is -2.25. The number of carbonyl (C=O) groups excluding carboxylic acids is 1. The fourth-order valence-corrected chi connectivity index (χ4v) is 1.56. The van der Waals surface area contributed by atoms with Gasteiger partial charge >= 0.3 is 5.97 Å². The molecule has 1 aromatic carbocycles. The lowest BCUT2D eigenvalue weighted by atomic mass is 9.96. The highest BCUT2D eigenvalue weighted by molar-refractivity contribution is 5.92. The molecule has 0 spiro atoms. The van der Waals surface area contributed by atoms with Crippen LogP contribution in [-0.4, -0.2) is 12.1 Å². The van der Waals surface area contributed by atoms with Crippen LogP contribution in [0.5, 0.6) is 0 Å². The number of hydrogen-bond donors (Lipinski definition) is 1. The molecule has 0 atom stereocenters. The van der Waals surface area contributed by atoms with Crippen molar-refractivity contribution in [3.8, 4) is 0 Å². The zero-order valence-corrected chi connectivity index (χ0v) is 8.82. The summed E-state index contributed by atoms with van der Waals surface area (Å²) in [6, 6.07) is 5.30. The van der Waals surface area contributed by atoms with Gasteiger partial charge in [0, 0.05) is 5.69 Å². The number of esters is 1. The highest BCUT2D eigenvalue weighted by Gasteiger charge is 2.23. The van der Waals surface area contributed by atoms with E-state index in [2.05, 4.69) is 0 Å². The molecule has 0 radical (unpaired) electrons. The van der Waals surface area contributed by atoms with E-state index in [1.807, 2.05) is 13.0 Å². The second-order valence-electron chi connectivity index (χ2n) is 4.03. The first-order valence-electron chi connectivity index (χ1n) is 5.24. The normalized spacial score (nSPS) is 15.8. The molecule has 0 amide bonds. The maximum Gasteiger partial charge on any atom is 0.338 e. The van der Waals surface area contributed by atoms with Crippen LogP contribution < -0.4 is 5.73 Å². The number of carbonyl (C=O) groups is 1. The van der Waals surface area contributed by atoms with Crippen LogP contribution in [0.4, 0.5) is 5.69 Å². The SMILES string of the molecule is Cc1ccc(N)cc1C(=O)OC1CCC1. The summed E-state index contributed by atoms with van der Waals surface area (Å²) in [5.41, 5.74) is 7.73. The Morgan fingerprint density at radius 3 is 2.80 bits per heavy atom. The van der Waals surface area contributed by atoms with E-state index in [0.29, 0.717) is 11.3 Å². The van der Waals surface area contributed by atoms with Gasteiger partial charge in [0.25, 0.3) is 0 Å². The number of anilines is 1. The van der Waals surface area contributed by atoms with E-state index in [0.717, 1.165) is 24.8 Å². The topological polar surface area (TPSA) is 52.3 Å². The molecule has 3 heteroatoms. The van der Waals surface area contributed by atoms with Crippen molar-refractivity contribution in [3.63, 3.8) is 0 Å². The maximum atomic E-state index is 11.7. The van der Waals surface area contributed by atoms with E-state index in [9.17, 15) is 4.79 Å². The van der Waals surface area contributed by atoms with E-state index in [1.54, 1.807) is 12.1 Å². The van der Waals surface area contributed by atoms with E-state index < -0.39 is 0 Å². The fourth-order valence-electron chi connectivity index (χ4n) is 1.56. The quantitative estimate of drug-likeness (QED) is 0.595. The molecule has 15 heavy (non-hydrogen) atoms. The van der Waals surface area contributed by atoms with Crippen LogP contribution >= 0.6 is 0 Å². The number of benzene rings is 1. The summed E-state index contributed by atoms with van der Waals surface area (Å²) in [6.45, 7) is 1.89. The van der Waals surface area contributed by atoms with Crippen molar-refractivity contribution in [3.05, 3.63) is 29.3 Å². The molecule has 0 unspecified atom stereocenters. The molecular weight excluding hydrogens is 190 g/mol. The molecule has 2 rings (SSSR count). The number of ether oxygens (including phenoxy) is 1. The standard InChI is InChI=1S/C12H15NO2/c1-8-5-6-9(13)7-11(8)12(14)15-10-3-2-4-10/h5-7,10H,2-4,13H2,1H3. The second kappa shape index (κ2) is 3.93. The maximum absolute atomic E-state index is 11.7. The van der Waals surface area contributed by atoms with Crippen LogP contribution in [0.1, 0.15) is 35.2 Å². The second-order valence-corrected chi connectivity index (χ2v) is 4.03. The Morgan fingerprint density at radius 1 is 1.47 bits per heavy atom. The average Bonchev–Trinajstić information content (AvgIpc) is 2.15. The predicted octanol–water partition coefficient (Wildman–Crippen LogP) is 2.29. The van der Waals surface area contributed by atoms with Gasteiger partial charge in [0.05, 0.1) is 5.56 Å². The molecule has 1 saturated carbocycles. The van der Waals surface area contributed by atoms with Gasteiger partial charge in [-0.15, -0.1) is 0 Å². The predicted molar refractivity (Wildman–Crippen MR) is 58.6 cm³/mol. The summed E-state index contributed by atoms with van der Waals surface area (Å²) in [7, 11) is 0. The van der Waals surface area contributed by atoms with Crippen LogP contribution in [0, 0.1) is 6.92 Å². The number of rotatable bonds is 2. The Hall–Kier alpha value is -1.51. The Kier molecular flexibility index (Phi) is 2.62. The summed E-state index contributed by atoms with van der Waals surface area (Å²) in [5, 5.41) is 0. The number of aryl methyl sites for hydroxylation is 1. The van der Waals surface area contributed by atoms with Crippen molar-refractivity contribution in [2.45, 2.75) is 32.3 Å². The van der Waals surface area contributed by atoms with Gasteiger partial charge in [0.15, 0.2) is 0 Å². The molecule has 0 aromatic heterocycles. The summed E-state index contributed by atoms with van der Waals surface area (Å²) >= 11 is 0. The van der Waals surface area contributed by atoms with E-state index in [-0.39, 0.29) is 12.1 Å². The molecule has 0 heterocycles. The number of hydrogen-bond acceptors (Lipinski definition) is 3. The Balaban J connectivity index is 2.12. The molecule has 0 saturated heterocycles. The van der Waals surface area contributed by atoms with Crippen molar-refractivity contribution in [2.75, 3.05) is 5.73 Å². The van der Waals surface area contributed by atoms with Crippen molar-refractivity contribution in [1.29, 1.82) is 0 Å².